The van der Waals surface area contributed by atoms with Gasteiger partial charge in [-0.1, -0.05) is 61.0 Å². The average molecular weight is 753 g/mol. The van der Waals surface area contributed by atoms with Crippen LogP contribution in [0.5, 0.6) is 5.75 Å². The molecule has 1 fully saturated rings. The van der Waals surface area contributed by atoms with E-state index in [-0.39, 0.29) is 36.8 Å². The summed E-state index contributed by atoms with van der Waals surface area (Å²) >= 11 is 6.18. The number of likely N-dealkylation sites (tertiary alicyclic amines) is 1. The molecule has 0 bridgehead atoms. The zero-order chi connectivity index (χ0) is 38.6. The third kappa shape index (κ3) is 10.2. The van der Waals surface area contributed by atoms with Crippen molar-refractivity contribution in [2.45, 2.75) is 51.3 Å². The van der Waals surface area contributed by atoms with Gasteiger partial charge in [0.15, 0.2) is 11.8 Å². The lowest BCUT2D eigenvalue weighted by Crippen LogP contribution is -2.48. The van der Waals surface area contributed by atoms with Crippen LogP contribution in [0.4, 0.5) is 0 Å². The Balaban J connectivity index is 1.23. The van der Waals surface area contributed by atoms with E-state index in [1.807, 2.05) is 23.1 Å². The standard InChI is InChI=1S/C41H41ClN4O8/c1-3-35(46-23-37(52-2)33(21-39(46)49)32-20-31(42)16-15-30(32)22-43)36(47)19-27-11-13-29(14-12-27)40(50)54-26-34(44-38(48)24-45-17-7-8-18-45)41(51)53-25-28-9-5-4-6-10-28/h4-6,9-16,20-21,23,34-35H,3,7-8,17-19,24-26H2,1-2H3,(H,44,48)/t34-,35?/m0/s1. The molecule has 0 saturated carbocycles. The highest BCUT2D eigenvalue weighted by Gasteiger charge is 2.27. The smallest absolute Gasteiger partial charge is 0.338 e. The van der Waals surface area contributed by atoms with Gasteiger partial charge < -0.3 is 24.1 Å². The number of carbonyl (C=O) groups excluding carboxylic acids is 4. The number of esters is 2. The topological polar surface area (TPSA) is 157 Å². The number of halogens is 1. The second-order valence-corrected chi connectivity index (χ2v) is 13.3. The zero-order valence-corrected chi connectivity index (χ0v) is 30.8. The first-order chi connectivity index (χ1) is 26.1. The van der Waals surface area contributed by atoms with Crippen LogP contribution in [0.1, 0.15) is 59.3 Å². The molecule has 12 nitrogen and oxygen atoms in total. The van der Waals surface area contributed by atoms with E-state index in [0.29, 0.717) is 39.4 Å². The quantitative estimate of drug-likeness (QED) is 0.149. The number of benzene rings is 3. The molecule has 0 spiro atoms. The Morgan fingerprint density at radius 3 is 2.31 bits per heavy atom. The number of hydrogen-bond acceptors (Lipinski definition) is 10. The highest BCUT2D eigenvalue weighted by Crippen LogP contribution is 2.33. The van der Waals surface area contributed by atoms with Crippen molar-refractivity contribution in [1.29, 1.82) is 5.26 Å². The van der Waals surface area contributed by atoms with Crippen LogP contribution in [-0.4, -0.2) is 72.5 Å². The molecule has 280 valence electrons. The third-order valence-corrected chi connectivity index (χ3v) is 9.34. The first-order valence-corrected chi connectivity index (χ1v) is 18.0. The van der Waals surface area contributed by atoms with Gasteiger partial charge in [-0.15, -0.1) is 0 Å². The number of rotatable bonds is 16. The van der Waals surface area contributed by atoms with E-state index >= 15 is 0 Å². The molecule has 0 radical (unpaired) electrons. The van der Waals surface area contributed by atoms with Crippen LogP contribution >= 0.6 is 11.6 Å². The highest BCUT2D eigenvalue weighted by atomic mass is 35.5. The van der Waals surface area contributed by atoms with Gasteiger partial charge in [-0.05, 0) is 73.8 Å². The number of nitriles is 1. The number of Topliss-reactive ketones (excluding diaryl/α,β-unsaturated/α-hetero) is 1. The lowest BCUT2D eigenvalue weighted by atomic mass is 9.98. The van der Waals surface area contributed by atoms with Gasteiger partial charge in [0, 0.05) is 28.6 Å². The number of methoxy groups -OCH3 is 1. The number of nitrogens with zero attached hydrogens (tertiary/aromatic N) is 3. The number of carbonyl (C=O) groups is 4. The molecular formula is C41H41ClN4O8. The zero-order valence-electron chi connectivity index (χ0n) is 30.1. The minimum Gasteiger partial charge on any atom is -0.495 e. The van der Waals surface area contributed by atoms with Crippen LogP contribution in [0, 0.1) is 11.3 Å². The molecule has 54 heavy (non-hydrogen) atoms. The SMILES string of the molecule is CCC(C(=O)Cc1ccc(C(=O)OC[C@H](NC(=O)CN2CCCC2)C(=O)OCc2ccccc2)cc1)n1cc(OC)c(-c2cc(Cl)ccc2C#N)cc1=O. The highest BCUT2D eigenvalue weighted by molar-refractivity contribution is 6.31. The molecule has 1 N–H and O–H groups in total. The summed E-state index contributed by atoms with van der Waals surface area (Å²) in [6.45, 7) is 3.05. The van der Waals surface area contributed by atoms with Crippen LogP contribution in [0.25, 0.3) is 11.1 Å². The molecule has 5 rings (SSSR count). The van der Waals surface area contributed by atoms with E-state index in [0.717, 1.165) is 31.5 Å². The van der Waals surface area contributed by atoms with E-state index in [1.165, 1.54) is 36.1 Å². The maximum absolute atomic E-state index is 13.6. The Bertz CT molecular complexity index is 2070. The molecular weight excluding hydrogens is 712 g/mol. The van der Waals surface area contributed by atoms with Crippen LogP contribution in [0.15, 0.2) is 89.9 Å². The van der Waals surface area contributed by atoms with Crippen LogP contribution in [0.3, 0.4) is 0 Å². The number of ether oxygens (including phenoxy) is 3. The molecule has 1 amide bonds. The van der Waals surface area contributed by atoms with Crippen LogP contribution in [0.2, 0.25) is 5.02 Å². The summed E-state index contributed by atoms with van der Waals surface area (Å²) in [5.41, 5.74) is 2.21. The van der Waals surface area contributed by atoms with E-state index in [4.69, 9.17) is 25.8 Å². The van der Waals surface area contributed by atoms with Gasteiger partial charge >= 0.3 is 11.9 Å². The number of hydrogen-bond donors (Lipinski definition) is 1. The molecule has 1 aliphatic heterocycles. The van der Waals surface area contributed by atoms with E-state index in [2.05, 4.69) is 11.4 Å². The molecule has 0 aliphatic carbocycles. The van der Waals surface area contributed by atoms with E-state index in [9.17, 15) is 29.2 Å². The molecule has 1 aliphatic rings. The minimum absolute atomic E-state index is 0.00906. The normalized spacial score (nSPS) is 13.7. The van der Waals surface area contributed by atoms with Crippen molar-refractivity contribution in [2.75, 3.05) is 33.4 Å². The summed E-state index contributed by atoms with van der Waals surface area (Å²) < 4.78 is 17.8. The Hall–Kier alpha value is -5.77. The van der Waals surface area contributed by atoms with E-state index in [1.54, 1.807) is 49.4 Å². The van der Waals surface area contributed by atoms with Crippen molar-refractivity contribution in [3.8, 4) is 22.9 Å². The second-order valence-electron chi connectivity index (χ2n) is 12.9. The summed E-state index contributed by atoms with van der Waals surface area (Å²) in [6.07, 6.45) is 3.75. The predicted octanol–water partition coefficient (Wildman–Crippen LogP) is 5.29. The first-order valence-electron chi connectivity index (χ1n) is 17.6. The van der Waals surface area contributed by atoms with Gasteiger partial charge in [-0.25, -0.2) is 9.59 Å². The fourth-order valence-electron chi connectivity index (χ4n) is 6.26. The monoisotopic (exact) mass is 752 g/mol. The molecule has 3 aromatic carbocycles. The van der Waals surface area contributed by atoms with Crippen molar-refractivity contribution >= 4 is 35.2 Å². The summed E-state index contributed by atoms with van der Waals surface area (Å²) in [6, 6.07) is 21.4. The second kappa shape index (κ2) is 18.8. The van der Waals surface area contributed by atoms with Crippen molar-refractivity contribution in [1.82, 2.24) is 14.8 Å². The number of pyridine rings is 1. The van der Waals surface area contributed by atoms with Crippen LogP contribution < -0.4 is 15.6 Å². The fourth-order valence-corrected chi connectivity index (χ4v) is 6.44. The van der Waals surface area contributed by atoms with Gasteiger partial charge in [0.2, 0.25) is 5.91 Å². The third-order valence-electron chi connectivity index (χ3n) is 9.11. The van der Waals surface area contributed by atoms with Crippen molar-refractivity contribution < 1.29 is 33.4 Å². The largest absolute Gasteiger partial charge is 0.495 e. The van der Waals surface area contributed by atoms with Gasteiger partial charge in [0.25, 0.3) is 5.56 Å². The minimum atomic E-state index is -1.22. The lowest BCUT2D eigenvalue weighted by Gasteiger charge is -2.20. The molecule has 2 atom stereocenters. The van der Waals surface area contributed by atoms with Gasteiger partial charge in [0.1, 0.15) is 19.0 Å². The first kappa shape index (κ1) is 39.4. The Kier molecular flexibility index (Phi) is 13.7. The molecule has 4 aromatic rings. The molecule has 1 aromatic heterocycles. The average Bonchev–Trinajstić information content (AvgIpc) is 3.69. The number of ketones is 1. The number of nitrogens with one attached hydrogen (secondary N) is 1. The fraction of sp³-hybridized carbons (Fsp3) is 0.317. The summed E-state index contributed by atoms with van der Waals surface area (Å²) in [7, 11) is 1.43. The van der Waals surface area contributed by atoms with E-state index < -0.39 is 36.2 Å². The van der Waals surface area contributed by atoms with Gasteiger partial charge in [-0.3, -0.25) is 19.3 Å². The van der Waals surface area contributed by atoms with Crippen molar-refractivity contribution in [3.05, 3.63) is 123 Å². The Morgan fingerprint density at radius 1 is 0.926 bits per heavy atom. The predicted molar refractivity (Wildman–Crippen MR) is 201 cm³/mol. The van der Waals surface area contributed by atoms with Crippen molar-refractivity contribution in [2.24, 2.45) is 0 Å². The maximum atomic E-state index is 13.6. The Labute approximate surface area is 318 Å². The number of amides is 1. The van der Waals surface area contributed by atoms with Gasteiger partial charge in [0.05, 0.1) is 43.1 Å². The molecule has 1 unspecified atom stereocenters. The number of aromatic nitrogens is 1. The molecule has 2 heterocycles. The van der Waals surface area contributed by atoms with Crippen LogP contribution in [-0.2, 0) is 36.9 Å². The van der Waals surface area contributed by atoms with Crippen molar-refractivity contribution in [3.63, 3.8) is 0 Å². The summed E-state index contributed by atoms with van der Waals surface area (Å²) in [4.78, 5) is 67.8. The maximum Gasteiger partial charge on any atom is 0.338 e. The molecule has 13 heteroatoms. The lowest BCUT2D eigenvalue weighted by molar-refractivity contribution is -0.150. The Morgan fingerprint density at radius 2 is 1.65 bits per heavy atom. The molecule has 1 saturated heterocycles. The summed E-state index contributed by atoms with van der Waals surface area (Å²) in [5, 5.41) is 12.7. The summed E-state index contributed by atoms with van der Waals surface area (Å²) in [5.74, 6) is -1.79. The van der Waals surface area contributed by atoms with Gasteiger partial charge in [-0.2, -0.15) is 5.26 Å².